The van der Waals surface area contributed by atoms with Crippen LogP contribution in [0.2, 0.25) is 0 Å². The van der Waals surface area contributed by atoms with Gasteiger partial charge in [-0.1, -0.05) is 6.42 Å². The molecule has 2 fully saturated rings. The Morgan fingerprint density at radius 2 is 2.33 bits per heavy atom. The fourth-order valence-corrected chi connectivity index (χ4v) is 2.77. The highest BCUT2D eigenvalue weighted by Gasteiger charge is 2.39. The smallest absolute Gasteiger partial charge is 0.303 e. The number of hydrogen-bond donors (Lipinski definition) is 2. The van der Waals surface area contributed by atoms with Crippen LogP contribution in [0.1, 0.15) is 45.4 Å². The maximum absolute atomic E-state index is 10.5. The normalized spacial score (nSPS) is 36.7. The number of carbonyl (C=O) groups is 1. The molecule has 104 valence electrons. The predicted octanol–water partition coefficient (Wildman–Crippen LogP) is 1.51. The molecule has 2 rings (SSSR count). The molecule has 0 aromatic carbocycles. The number of piperidine rings is 1. The Balaban J connectivity index is 1.76. The van der Waals surface area contributed by atoms with Crippen LogP contribution in [0.3, 0.4) is 0 Å². The quantitative estimate of drug-likeness (QED) is 0.781. The van der Waals surface area contributed by atoms with Crippen molar-refractivity contribution in [2.75, 3.05) is 13.2 Å². The average Bonchev–Trinajstić information content (AvgIpc) is 2.69. The van der Waals surface area contributed by atoms with Crippen molar-refractivity contribution >= 4 is 5.97 Å². The first-order chi connectivity index (χ1) is 8.57. The maximum atomic E-state index is 10.5. The summed E-state index contributed by atoms with van der Waals surface area (Å²) in [5, 5.41) is 12.1. The van der Waals surface area contributed by atoms with E-state index >= 15 is 0 Å². The highest BCUT2D eigenvalue weighted by atomic mass is 16.7. The van der Waals surface area contributed by atoms with Crippen LogP contribution in [-0.2, 0) is 14.3 Å². The van der Waals surface area contributed by atoms with Gasteiger partial charge in [0.2, 0.25) is 0 Å². The molecular formula is C13H23NO4. The number of ether oxygens (including phenoxy) is 2. The van der Waals surface area contributed by atoms with Gasteiger partial charge in [-0.25, -0.2) is 0 Å². The molecule has 0 bridgehead atoms. The number of hydrogen-bond acceptors (Lipinski definition) is 4. The molecule has 2 saturated heterocycles. The van der Waals surface area contributed by atoms with E-state index in [0.717, 1.165) is 13.0 Å². The summed E-state index contributed by atoms with van der Waals surface area (Å²) in [7, 11) is 0. The van der Waals surface area contributed by atoms with Crippen molar-refractivity contribution < 1.29 is 19.4 Å². The van der Waals surface area contributed by atoms with Crippen LogP contribution in [-0.4, -0.2) is 42.2 Å². The van der Waals surface area contributed by atoms with Crippen LogP contribution in [0.25, 0.3) is 0 Å². The van der Waals surface area contributed by atoms with Crippen molar-refractivity contribution in [3.05, 3.63) is 0 Å². The lowest BCUT2D eigenvalue weighted by atomic mass is 9.98. The van der Waals surface area contributed by atoms with Gasteiger partial charge in [-0.05, 0) is 32.7 Å². The summed E-state index contributed by atoms with van der Waals surface area (Å²) >= 11 is 0. The third-order valence-electron chi connectivity index (χ3n) is 3.70. The van der Waals surface area contributed by atoms with Crippen molar-refractivity contribution in [1.29, 1.82) is 0 Å². The zero-order chi connectivity index (χ0) is 13.0. The minimum atomic E-state index is -0.777. The van der Waals surface area contributed by atoms with Gasteiger partial charge in [-0.3, -0.25) is 4.79 Å². The van der Waals surface area contributed by atoms with Crippen molar-refractivity contribution in [3.63, 3.8) is 0 Å². The number of aliphatic carboxylic acids is 1. The third-order valence-corrected chi connectivity index (χ3v) is 3.70. The molecule has 2 heterocycles. The van der Waals surface area contributed by atoms with Crippen LogP contribution in [0, 0.1) is 0 Å². The second-order valence-electron chi connectivity index (χ2n) is 5.47. The molecule has 2 N–H and O–H groups in total. The highest BCUT2D eigenvalue weighted by molar-refractivity contribution is 5.66. The first kappa shape index (κ1) is 13.8. The Morgan fingerprint density at radius 3 is 3.00 bits per heavy atom. The topological polar surface area (TPSA) is 67.8 Å². The molecule has 0 radical (unpaired) electrons. The Bertz CT molecular complexity index is 291. The summed E-state index contributed by atoms with van der Waals surface area (Å²) in [6, 6.07) is 0.460. The second-order valence-corrected chi connectivity index (χ2v) is 5.47. The lowest BCUT2D eigenvalue weighted by molar-refractivity contribution is -0.165. The molecule has 2 aliphatic heterocycles. The van der Waals surface area contributed by atoms with Gasteiger partial charge >= 0.3 is 5.97 Å². The number of carboxylic acids is 1. The molecule has 0 spiro atoms. The molecule has 5 nitrogen and oxygen atoms in total. The van der Waals surface area contributed by atoms with E-state index in [0.29, 0.717) is 19.1 Å². The van der Waals surface area contributed by atoms with Crippen molar-refractivity contribution in [1.82, 2.24) is 5.32 Å². The summed E-state index contributed by atoms with van der Waals surface area (Å²) in [4.78, 5) is 10.5. The van der Waals surface area contributed by atoms with E-state index in [1.54, 1.807) is 0 Å². The molecule has 2 aliphatic rings. The fourth-order valence-electron chi connectivity index (χ4n) is 2.77. The number of carboxylic acid groups (broad SMARTS) is 1. The predicted molar refractivity (Wildman–Crippen MR) is 66.4 cm³/mol. The molecule has 3 unspecified atom stereocenters. The highest BCUT2D eigenvalue weighted by Crippen LogP contribution is 2.31. The summed E-state index contributed by atoms with van der Waals surface area (Å²) in [5.74, 6) is -1.32. The summed E-state index contributed by atoms with van der Waals surface area (Å²) < 4.78 is 11.6. The van der Waals surface area contributed by atoms with E-state index < -0.39 is 11.8 Å². The first-order valence-corrected chi connectivity index (χ1v) is 6.84. The van der Waals surface area contributed by atoms with Gasteiger partial charge < -0.3 is 19.9 Å². The molecule has 0 amide bonds. The number of nitrogens with one attached hydrogen (secondary N) is 1. The monoisotopic (exact) mass is 257 g/mol. The van der Waals surface area contributed by atoms with E-state index in [-0.39, 0.29) is 12.5 Å². The molecule has 18 heavy (non-hydrogen) atoms. The van der Waals surface area contributed by atoms with E-state index in [4.69, 9.17) is 14.6 Å². The first-order valence-electron chi connectivity index (χ1n) is 6.84. The lowest BCUT2D eigenvalue weighted by Gasteiger charge is -2.31. The van der Waals surface area contributed by atoms with Gasteiger partial charge in [-0.2, -0.15) is 0 Å². The third kappa shape index (κ3) is 3.93. The Labute approximate surface area is 108 Å². The van der Waals surface area contributed by atoms with Crippen LogP contribution >= 0.6 is 0 Å². The maximum Gasteiger partial charge on any atom is 0.303 e. The van der Waals surface area contributed by atoms with Crippen LogP contribution in [0.15, 0.2) is 0 Å². The molecule has 0 aromatic rings. The molecule has 0 aliphatic carbocycles. The molecule has 0 aromatic heterocycles. The van der Waals surface area contributed by atoms with Gasteiger partial charge in [0.1, 0.15) is 0 Å². The van der Waals surface area contributed by atoms with Gasteiger partial charge in [0.15, 0.2) is 5.79 Å². The minimum Gasteiger partial charge on any atom is -0.481 e. The van der Waals surface area contributed by atoms with Crippen molar-refractivity contribution in [3.8, 4) is 0 Å². The molecule has 0 saturated carbocycles. The fraction of sp³-hybridized carbons (Fsp3) is 0.923. The van der Waals surface area contributed by atoms with E-state index in [1.807, 2.05) is 6.92 Å². The summed E-state index contributed by atoms with van der Waals surface area (Å²) in [5.41, 5.74) is 0. The second kappa shape index (κ2) is 5.99. The largest absolute Gasteiger partial charge is 0.481 e. The van der Waals surface area contributed by atoms with Crippen molar-refractivity contribution in [2.24, 2.45) is 0 Å². The zero-order valence-corrected chi connectivity index (χ0v) is 11.0. The van der Waals surface area contributed by atoms with Gasteiger partial charge in [0.05, 0.1) is 12.7 Å². The summed E-state index contributed by atoms with van der Waals surface area (Å²) in [6.45, 7) is 3.55. The van der Waals surface area contributed by atoms with Crippen LogP contribution < -0.4 is 5.32 Å². The van der Waals surface area contributed by atoms with E-state index in [9.17, 15) is 4.79 Å². The number of rotatable bonds is 5. The van der Waals surface area contributed by atoms with E-state index in [1.165, 1.54) is 19.3 Å². The molecule has 5 heteroatoms. The zero-order valence-electron chi connectivity index (χ0n) is 11.0. The molecule has 3 atom stereocenters. The Kier molecular flexibility index (Phi) is 4.59. The lowest BCUT2D eigenvalue weighted by Crippen LogP contribution is -2.41. The average molecular weight is 257 g/mol. The van der Waals surface area contributed by atoms with Gasteiger partial charge in [-0.15, -0.1) is 0 Å². The van der Waals surface area contributed by atoms with Gasteiger partial charge in [0.25, 0.3) is 0 Å². The Hall–Kier alpha value is -0.650. The van der Waals surface area contributed by atoms with Gasteiger partial charge in [0, 0.05) is 18.9 Å². The van der Waals surface area contributed by atoms with E-state index in [2.05, 4.69) is 5.32 Å². The molecular weight excluding hydrogens is 234 g/mol. The minimum absolute atomic E-state index is 0.0744. The van der Waals surface area contributed by atoms with Crippen molar-refractivity contribution in [2.45, 2.75) is 63.4 Å². The van der Waals surface area contributed by atoms with Crippen LogP contribution in [0.4, 0.5) is 0 Å². The Morgan fingerprint density at radius 1 is 1.50 bits per heavy atom. The standard InChI is InChI=1S/C13H23NO4/c1-13(8-10-4-2-3-7-14-10)17-9-11(18-13)5-6-12(15)16/h10-11,14H,2-9H2,1H3,(H,15,16). The SMILES string of the molecule is CC1(CC2CCCCN2)OCC(CCC(=O)O)O1. The van der Waals surface area contributed by atoms with Crippen LogP contribution in [0.5, 0.6) is 0 Å². The summed E-state index contributed by atoms with van der Waals surface area (Å²) in [6.07, 6.45) is 5.12.